The van der Waals surface area contributed by atoms with E-state index in [0.29, 0.717) is 31.6 Å². The minimum absolute atomic E-state index is 0.0555. The van der Waals surface area contributed by atoms with E-state index in [1.165, 1.54) is 0 Å². The SMILES string of the molecule is CCCn1cccc1C(=O)N1CCC(CC)(C(=O)O)C1. The first-order valence-electron chi connectivity index (χ1n) is 7.22. The van der Waals surface area contributed by atoms with Gasteiger partial charge in [0, 0.05) is 25.8 Å². The summed E-state index contributed by atoms with van der Waals surface area (Å²) in [4.78, 5) is 25.7. The fraction of sp³-hybridized carbons (Fsp3) is 0.600. The van der Waals surface area contributed by atoms with Gasteiger partial charge in [-0.15, -0.1) is 0 Å². The van der Waals surface area contributed by atoms with Gasteiger partial charge in [-0.2, -0.15) is 0 Å². The molecule has 2 rings (SSSR count). The van der Waals surface area contributed by atoms with E-state index >= 15 is 0 Å². The maximum Gasteiger partial charge on any atom is 0.311 e. The number of rotatable bonds is 5. The number of carbonyl (C=O) groups excluding carboxylic acids is 1. The van der Waals surface area contributed by atoms with Crippen molar-refractivity contribution in [3.63, 3.8) is 0 Å². The monoisotopic (exact) mass is 278 g/mol. The Hall–Kier alpha value is -1.78. The first-order chi connectivity index (χ1) is 9.54. The third-order valence-electron chi connectivity index (χ3n) is 4.28. The molecule has 1 unspecified atom stereocenters. The Kier molecular flexibility index (Phi) is 4.16. The van der Waals surface area contributed by atoms with E-state index in [4.69, 9.17) is 0 Å². The molecular formula is C15H22N2O3. The quantitative estimate of drug-likeness (QED) is 0.898. The van der Waals surface area contributed by atoms with Crippen molar-refractivity contribution >= 4 is 11.9 Å². The summed E-state index contributed by atoms with van der Waals surface area (Å²) in [5.41, 5.74) is -0.109. The van der Waals surface area contributed by atoms with E-state index in [1.54, 1.807) is 4.90 Å². The van der Waals surface area contributed by atoms with Crippen molar-refractivity contribution in [2.45, 2.75) is 39.7 Å². The highest BCUT2D eigenvalue weighted by molar-refractivity contribution is 5.93. The van der Waals surface area contributed by atoms with Gasteiger partial charge in [-0.25, -0.2) is 0 Å². The number of hydrogen-bond acceptors (Lipinski definition) is 2. The van der Waals surface area contributed by atoms with Crippen LogP contribution >= 0.6 is 0 Å². The van der Waals surface area contributed by atoms with Gasteiger partial charge < -0.3 is 14.6 Å². The van der Waals surface area contributed by atoms with Crippen LogP contribution in [0.2, 0.25) is 0 Å². The molecule has 0 aliphatic carbocycles. The van der Waals surface area contributed by atoms with E-state index in [1.807, 2.05) is 29.8 Å². The van der Waals surface area contributed by atoms with Crippen LogP contribution in [0.15, 0.2) is 18.3 Å². The van der Waals surface area contributed by atoms with Crippen LogP contribution in [0.3, 0.4) is 0 Å². The minimum atomic E-state index is -0.792. The molecule has 1 saturated heterocycles. The number of aryl methyl sites for hydroxylation is 1. The molecule has 1 aliphatic rings. The molecule has 20 heavy (non-hydrogen) atoms. The summed E-state index contributed by atoms with van der Waals surface area (Å²) in [5.74, 6) is -0.848. The fourth-order valence-corrected chi connectivity index (χ4v) is 2.87. The van der Waals surface area contributed by atoms with Crippen molar-refractivity contribution in [3.05, 3.63) is 24.0 Å². The Morgan fingerprint density at radius 1 is 1.40 bits per heavy atom. The van der Waals surface area contributed by atoms with Crippen LogP contribution in [-0.4, -0.2) is 39.5 Å². The molecule has 0 spiro atoms. The number of aliphatic carboxylic acids is 1. The molecule has 110 valence electrons. The molecule has 1 aromatic rings. The predicted molar refractivity (Wildman–Crippen MR) is 75.6 cm³/mol. The predicted octanol–water partition coefficient (Wildman–Crippen LogP) is 2.22. The van der Waals surface area contributed by atoms with Crippen molar-refractivity contribution in [3.8, 4) is 0 Å². The maximum absolute atomic E-state index is 12.5. The molecule has 2 heterocycles. The molecule has 1 fully saturated rings. The molecule has 1 N–H and O–H groups in total. The number of hydrogen-bond donors (Lipinski definition) is 1. The second-order valence-corrected chi connectivity index (χ2v) is 5.50. The van der Waals surface area contributed by atoms with Crippen LogP contribution in [0.1, 0.15) is 43.6 Å². The lowest BCUT2D eigenvalue weighted by Gasteiger charge is -2.23. The van der Waals surface area contributed by atoms with Gasteiger partial charge in [0.25, 0.3) is 5.91 Å². The second-order valence-electron chi connectivity index (χ2n) is 5.50. The average Bonchev–Trinajstić information content (AvgIpc) is 3.05. The number of nitrogens with zero attached hydrogens (tertiary/aromatic N) is 2. The van der Waals surface area contributed by atoms with Crippen LogP contribution in [0.25, 0.3) is 0 Å². The molecule has 1 aromatic heterocycles. The highest BCUT2D eigenvalue weighted by atomic mass is 16.4. The van der Waals surface area contributed by atoms with Gasteiger partial charge >= 0.3 is 5.97 Å². The standard InChI is InChI=1S/C15H22N2O3/c1-3-8-16-9-5-6-12(16)13(18)17-10-7-15(4-2,11-17)14(19)20/h5-6,9H,3-4,7-8,10-11H2,1-2H3,(H,19,20). The van der Waals surface area contributed by atoms with Crippen molar-refractivity contribution in [1.82, 2.24) is 9.47 Å². The Balaban J connectivity index is 2.15. The average molecular weight is 278 g/mol. The molecule has 0 bridgehead atoms. The maximum atomic E-state index is 12.5. The molecule has 0 saturated carbocycles. The summed E-state index contributed by atoms with van der Waals surface area (Å²) in [6, 6.07) is 3.67. The van der Waals surface area contributed by atoms with Gasteiger partial charge in [-0.05, 0) is 31.4 Å². The molecule has 0 aromatic carbocycles. The summed E-state index contributed by atoms with van der Waals surface area (Å²) in [7, 11) is 0. The van der Waals surface area contributed by atoms with Gasteiger partial charge in [0.2, 0.25) is 0 Å². The molecule has 1 amide bonds. The normalized spacial score (nSPS) is 22.2. The zero-order chi connectivity index (χ0) is 14.8. The molecule has 5 nitrogen and oxygen atoms in total. The lowest BCUT2D eigenvalue weighted by molar-refractivity contribution is -0.148. The minimum Gasteiger partial charge on any atom is -0.481 e. The Labute approximate surface area is 119 Å². The van der Waals surface area contributed by atoms with Gasteiger partial charge in [-0.1, -0.05) is 13.8 Å². The first-order valence-corrected chi connectivity index (χ1v) is 7.22. The highest BCUT2D eigenvalue weighted by Gasteiger charge is 2.45. The zero-order valence-electron chi connectivity index (χ0n) is 12.1. The van der Waals surface area contributed by atoms with E-state index in [2.05, 4.69) is 6.92 Å². The van der Waals surface area contributed by atoms with Crippen LogP contribution in [0, 0.1) is 5.41 Å². The summed E-state index contributed by atoms with van der Waals surface area (Å²) in [6.45, 7) is 5.59. The Bertz CT molecular complexity index is 509. The molecule has 5 heteroatoms. The number of carboxylic acids is 1. The number of amides is 1. The van der Waals surface area contributed by atoms with Gasteiger partial charge in [0.05, 0.1) is 5.41 Å². The molecular weight excluding hydrogens is 256 g/mol. The number of likely N-dealkylation sites (tertiary alicyclic amines) is 1. The summed E-state index contributed by atoms with van der Waals surface area (Å²) in [5, 5.41) is 9.39. The third-order valence-corrected chi connectivity index (χ3v) is 4.28. The summed E-state index contributed by atoms with van der Waals surface area (Å²) < 4.78 is 1.94. The molecule has 1 atom stereocenters. The number of carbonyl (C=O) groups is 2. The van der Waals surface area contributed by atoms with Gasteiger partial charge in [0.15, 0.2) is 0 Å². The third kappa shape index (κ3) is 2.44. The van der Waals surface area contributed by atoms with Gasteiger partial charge in [0.1, 0.15) is 5.69 Å². The molecule has 0 radical (unpaired) electrons. The lowest BCUT2D eigenvalue weighted by atomic mass is 9.84. The van der Waals surface area contributed by atoms with Crippen molar-refractivity contribution < 1.29 is 14.7 Å². The summed E-state index contributed by atoms with van der Waals surface area (Å²) in [6.07, 6.45) is 3.96. The Morgan fingerprint density at radius 3 is 2.70 bits per heavy atom. The van der Waals surface area contributed by atoms with Crippen molar-refractivity contribution in [1.29, 1.82) is 0 Å². The van der Waals surface area contributed by atoms with Crippen LogP contribution in [-0.2, 0) is 11.3 Å². The zero-order valence-corrected chi connectivity index (χ0v) is 12.1. The van der Waals surface area contributed by atoms with Gasteiger partial charge in [-0.3, -0.25) is 9.59 Å². The fourth-order valence-electron chi connectivity index (χ4n) is 2.87. The number of carboxylic acid groups (broad SMARTS) is 1. The summed E-state index contributed by atoms with van der Waals surface area (Å²) >= 11 is 0. The smallest absolute Gasteiger partial charge is 0.311 e. The van der Waals surface area contributed by atoms with E-state index < -0.39 is 11.4 Å². The van der Waals surface area contributed by atoms with Crippen molar-refractivity contribution in [2.24, 2.45) is 5.41 Å². The van der Waals surface area contributed by atoms with E-state index in [-0.39, 0.29) is 5.91 Å². The van der Waals surface area contributed by atoms with Crippen molar-refractivity contribution in [2.75, 3.05) is 13.1 Å². The molecule has 1 aliphatic heterocycles. The van der Waals surface area contributed by atoms with E-state index in [0.717, 1.165) is 13.0 Å². The topological polar surface area (TPSA) is 62.5 Å². The van der Waals surface area contributed by atoms with Crippen LogP contribution in [0.5, 0.6) is 0 Å². The highest BCUT2D eigenvalue weighted by Crippen LogP contribution is 2.34. The number of aromatic nitrogens is 1. The second kappa shape index (κ2) is 5.69. The largest absolute Gasteiger partial charge is 0.481 e. The Morgan fingerprint density at radius 2 is 2.15 bits per heavy atom. The van der Waals surface area contributed by atoms with Crippen LogP contribution in [0.4, 0.5) is 0 Å². The lowest BCUT2D eigenvalue weighted by Crippen LogP contribution is -2.37. The van der Waals surface area contributed by atoms with Crippen LogP contribution < -0.4 is 0 Å². The first kappa shape index (κ1) is 14.6. The van der Waals surface area contributed by atoms with E-state index in [9.17, 15) is 14.7 Å².